The maximum absolute atomic E-state index is 10.6. The Morgan fingerprint density at radius 2 is 2.00 bits per heavy atom. The van der Waals surface area contributed by atoms with E-state index < -0.39 is 11.9 Å². The molecule has 0 unspecified atom stereocenters. The summed E-state index contributed by atoms with van der Waals surface area (Å²) in [5.41, 5.74) is 0. The predicted molar refractivity (Wildman–Crippen MR) is 44.2 cm³/mol. The van der Waals surface area contributed by atoms with Gasteiger partial charge >= 0.3 is 11.9 Å². The van der Waals surface area contributed by atoms with Gasteiger partial charge in [-0.25, -0.2) is 4.79 Å². The van der Waals surface area contributed by atoms with Gasteiger partial charge in [0.15, 0.2) is 0 Å². The molecule has 1 heterocycles. The molecule has 0 aromatic carbocycles. The molecule has 5 nitrogen and oxygen atoms in total. The third-order valence-electron chi connectivity index (χ3n) is 2.09. The average Bonchev–Trinajstić information content (AvgIpc) is 2.15. The average molecular weight is 187 g/mol. The van der Waals surface area contributed by atoms with Gasteiger partial charge in [-0.1, -0.05) is 0 Å². The highest BCUT2D eigenvalue weighted by molar-refractivity contribution is 6.31. The van der Waals surface area contributed by atoms with Crippen molar-refractivity contribution in [3.8, 4) is 0 Å². The summed E-state index contributed by atoms with van der Waals surface area (Å²) < 4.78 is 5.12. The van der Waals surface area contributed by atoms with Crippen LogP contribution in [0.25, 0.3) is 0 Å². The lowest BCUT2D eigenvalue weighted by atomic mass is 10.0. The lowest BCUT2D eigenvalue weighted by molar-refractivity contribution is -0.150. The Kier molecular flexibility index (Phi) is 3.70. The molecule has 0 bridgehead atoms. The molecule has 0 radical (unpaired) electrons. The molecule has 1 fully saturated rings. The maximum atomic E-state index is 10.6. The summed E-state index contributed by atoms with van der Waals surface area (Å²) in [6.45, 7) is 1.84. The van der Waals surface area contributed by atoms with Gasteiger partial charge in [0.25, 0.3) is 0 Å². The van der Waals surface area contributed by atoms with Gasteiger partial charge in [-0.2, -0.15) is 0 Å². The number of carboxylic acid groups (broad SMARTS) is 1. The van der Waals surface area contributed by atoms with Crippen molar-refractivity contribution in [3.05, 3.63) is 0 Å². The number of ether oxygens (including phenoxy) is 1. The van der Waals surface area contributed by atoms with E-state index in [1.54, 1.807) is 0 Å². The number of carbonyl (C=O) groups excluding carboxylic acids is 1. The number of hydrogen-bond acceptors (Lipinski definition) is 3. The number of carboxylic acids is 1. The van der Waals surface area contributed by atoms with Crippen molar-refractivity contribution in [1.29, 1.82) is 0 Å². The van der Waals surface area contributed by atoms with E-state index in [9.17, 15) is 9.59 Å². The highest BCUT2D eigenvalue weighted by atomic mass is 16.5. The van der Waals surface area contributed by atoms with Crippen LogP contribution in [0.2, 0.25) is 0 Å². The topological polar surface area (TPSA) is 75.6 Å². The summed E-state index contributed by atoms with van der Waals surface area (Å²) in [5.74, 6) is -1.99. The fourth-order valence-electron chi connectivity index (χ4n) is 1.26. The molecule has 2 N–H and O–H groups in total. The van der Waals surface area contributed by atoms with Crippen LogP contribution in [-0.4, -0.2) is 36.7 Å². The van der Waals surface area contributed by atoms with Gasteiger partial charge in [0.1, 0.15) is 0 Å². The SMILES string of the molecule is O=C(O)C(=O)NCC1CCOCC1. The number of carbonyl (C=O) groups is 2. The number of amides is 1. The second-order valence-electron chi connectivity index (χ2n) is 3.07. The molecule has 0 spiro atoms. The smallest absolute Gasteiger partial charge is 0.394 e. The molecule has 74 valence electrons. The molecule has 0 saturated carbocycles. The number of rotatable bonds is 2. The minimum Gasteiger partial charge on any atom is -0.474 e. The van der Waals surface area contributed by atoms with Crippen molar-refractivity contribution in [1.82, 2.24) is 5.32 Å². The molecule has 1 saturated heterocycles. The normalized spacial score (nSPS) is 18.2. The first-order valence-electron chi connectivity index (χ1n) is 4.29. The molecule has 0 aromatic rings. The van der Waals surface area contributed by atoms with Gasteiger partial charge in [0.05, 0.1) is 0 Å². The molecule has 0 aliphatic carbocycles. The van der Waals surface area contributed by atoms with E-state index in [2.05, 4.69) is 5.32 Å². The van der Waals surface area contributed by atoms with Crippen molar-refractivity contribution in [2.75, 3.05) is 19.8 Å². The number of aliphatic carboxylic acids is 1. The summed E-state index contributed by atoms with van der Waals surface area (Å²) in [5, 5.41) is 10.6. The Hall–Kier alpha value is -1.10. The van der Waals surface area contributed by atoms with Crippen LogP contribution >= 0.6 is 0 Å². The predicted octanol–water partition coefficient (Wildman–Crippen LogP) is -0.386. The maximum Gasteiger partial charge on any atom is 0.394 e. The van der Waals surface area contributed by atoms with E-state index in [4.69, 9.17) is 9.84 Å². The van der Waals surface area contributed by atoms with E-state index in [1.807, 2.05) is 0 Å². The van der Waals surface area contributed by atoms with Crippen molar-refractivity contribution in [2.24, 2.45) is 5.92 Å². The standard InChI is InChI=1S/C8H13NO4/c10-7(8(11)12)9-5-6-1-3-13-4-2-6/h6H,1-5H2,(H,9,10)(H,11,12). The minimum atomic E-state index is -1.42. The van der Waals surface area contributed by atoms with Gasteiger partial charge in [-0.15, -0.1) is 0 Å². The molecule has 0 aromatic heterocycles. The summed E-state index contributed by atoms with van der Waals surface area (Å²) in [6, 6.07) is 0. The van der Waals surface area contributed by atoms with Gasteiger partial charge < -0.3 is 15.2 Å². The molecule has 5 heteroatoms. The molecule has 0 atom stereocenters. The lowest BCUT2D eigenvalue weighted by Crippen LogP contribution is -2.36. The molecule has 1 aliphatic heterocycles. The van der Waals surface area contributed by atoms with E-state index in [0.29, 0.717) is 25.7 Å². The quantitative estimate of drug-likeness (QED) is 0.577. The van der Waals surface area contributed by atoms with Crippen LogP contribution < -0.4 is 5.32 Å². The van der Waals surface area contributed by atoms with E-state index in [-0.39, 0.29) is 0 Å². The fraction of sp³-hybridized carbons (Fsp3) is 0.750. The van der Waals surface area contributed by atoms with Gasteiger partial charge in [0, 0.05) is 19.8 Å². The Labute approximate surface area is 76.1 Å². The van der Waals surface area contributed by atoms with Crippen LogP contribution in [-0.2, 0) is 14.3 Å². The zero-order valence-electron chi connectivity index (χ0n) is 7.28. The van der Waals surface area contributed by atoms with Crippen molar-refractivity contribution >= 4 is 11.9 Å². The van der Waals surface area contributed by atoms with Crippen LogP contribution in [0.15, 0.2) is 0 Å². The largest absolute Gasteiger partial charge is 0.474 e. The first-order valence-corrected chi connectivity index (χ1v) is 4.29. The summed E-state index contributed by atoms with van der Waals surface area (Å²) in [6.07, 6.45) is 1.78. The van der Waals surface area contributed by atoms with Crippen LogP contribution in [0.3, 0.4) is 0 Å². The van der Waals surface area contributed by atoms with Crippen molar-refractivity contribution < 1.29 is 19.4 Å². The highest BCUT2D eigenvalue weighted by Crippen LogP contribution is 2.12. The Bertz CT molecular complexity index is 198. The Balaban J connectivity index is 2.17. The number of nitrogens with one attached hydrogen (secondary N) is 1. The third-order valence-corrected chi connectivity index (χ3v) is 2.09. The Morgan fingerprint density at radius 3 is 2.54 bits per heavy atom. The van der Waals surface area contributed by atoms with Gasteiger partial charge in [-0.05, 0) is 18.8 Å². The third kappa shape index (κ3) is 3.42. The van der Waals surface area contributed by atoms with Crippen LogP contribution in [0.1, 0.15) is 12.8 Å². The van der Waals surface area contributed by atoms with Crippen LogP contribution in [0, 0.1) is 5.92 Å². The first-order chi connectivity index (χ1) is 6.20. The molecule has 1 amide bonds. The van der Waals surface area contributed by atoms with Gasteiger partial charge in [0.2, 0.25) is 0 Å². The van der Waals surface area contributed by atoms with Crippen molar-refractivity contribution in [2.45, 2.75) is 12.8 Å². The molecule has 1 rings (SSSR count). The second kappa shape index (κ2) is 4.81. The summed E-state index contributed by atoms with van der Waals surface area (Å²) in [4.78, 5) is 20.8. The number of hydrogen-bond donors (Lipinski definition) is 2. The minimum absolute atomic E-state index is 0.358. The van der Waals surface area contributed by atoms with Crippen LogP contribution in [0.4, 0.5) is 0 Å². The highest BCUT2D eigenvalue weighted by Gasteiger charge is 2.16. The summed E-state index contributed by atoms with van der Waals surface area (Å²) >= 11 is 0. The molecule has 1 aliphatic rings. The van der Waals surface area contributed by atoms with E-state index in [0.717, 1.165) is 12.8 Å². The first kappa shape index (κ1) is 9.98. The monoisotopic (exact) mass is 187 g/mol. The lowest BCUT2D eigenvalue weighted by Gasteiger charge is -2.21. The zero-order valence-corrected chi connectivity index (χ0v) is 7.28. The molecule has 13 heavy (non-hydrogen) atoms. The van der Waals surface area contributed by atoms with Gasteiger partial charge in [-0.3, -0.25) is 4.79 Å². The van der Waals surface area contributed by atoms with Crippen molar-refractivity contribution in [3.63, 3.8) is 0 Å². The zero-order chi connectivity index (χ0) is 9.68. The van der Waals surface area contributed by atoms with E-state index in [1.165, 1.54) is 0 Å². The second-order valence-corrected chi connectivity index (χ2v) is 3.07. The summed E-state index contributed by atoms with van der Waals surface area (Å²) in [7, 11) is 0. The fourth-order valence-corrected chi connectivity index (χ4v) is 1.26. The molecular formula is C8H13NO4. The molecular weight excluding hydrogens is 174 g/mol. The van der Waals surface area contributed by atoms with E-state index >= 15 is 0 Å². The van der Waals surface area contributed by atoms with Crippen LogP contribution in [0.5, 0.6) is 0 Å². The Morgan fingerprint density at radius 1 is 1.38 bits per heavy atom.